The number of carboxylic acids is 1. The number of benzene rings is 2. The molecule has 7 heteroatoms. The number of hydroxylamine groups is 2. The highest BCUT2D eigenvalue weighted by atomic mass is 16.7. The molecule has 1 heterocycles. The standard InChI is InChI=1S/C16H11NO5.H2O/c18-14-11-8-4-5-9-12(11)15(19)17(14)22-13(16(20)21)10-6-2-1-3-7-10;/h1-9,13H,(H,20,21);1H2/t13-;/m1./s1. The molecule has 118 valence electrons. The minimum Gasteiger partial charge on any atom is -0.479 e. The highest BCUT2D eigenvalue weighted by Crippen LogP contribution is 2.27. The number of nitrogens with zero attached hydrogens (tertiary/aromatic N) is 1. The molecular formula is C16H13NO6. The van der Waals surface area contributed by atoms with Crippen LogP contribution in [0.2, 0.25) is 0 Å². The summed E-state index contributed by atoms with van der Waals surface area (Å²) in [6.45, 7) is 0. The van der Waals surface area contributed by atoms with E-state index in [0.29, 0.717) is 10.6 Å². The predicted octanol–water partition coefficient (Wildman–Crippen LogP) is 1.22. The summed E-state index contributed by atoms with van der Waals surface area (Å²) in [5.41, 5.74) is 0.737. The lowest BCUT2D eigenvalue weighted by Crippen LogP contribution is -2.34. The first-order chi connectivity index (χ1) is 10.6. The number of aliphatic carboxylic acids is 1. The fourth-order valence-electron chi connectivity index (χ4n) is 2.24. The van der Waals surface area contributed by atoms with E-state index in [1.807, 2.05) is 0 Å². The highest BCUT2D eigenvalue weighted by molar-refractivity contribution is 6.20. The lowest BCUT2D eigenvalue weighted by Gasteiger charge is -2.19. The van der Waals surface area contributed by atoms with Crippen LogP contribution in [0.4, 0.5) is 0 Å². The number of hydrogen-bond donors (Lipinski definition) is 1. The lowest BCUT2D eigenvalue weighted by atomic mass is 10.1. The van der Waals surface area contributed by atoms with E-state index < -0.39 is 23.9 Å². The fourth-order valence-corrected chi connectivity index (χ4v) is 2.24. The summed E-state index contributed by atoms with van der Waals surface area (Å²) in [6.07, 6.45) is -1.44. The van der Waals surface area contributed by atoms with Gasteiger partial charge in [-0.2, -0.15) is 0 Å². The number of carboxylic acid groups (broad SMARTS) is 1. The topological polar surface area (TPSA) is 115 Å². The minimum atomic E-state index is -1.44. The summed E-state index contributed by atoms with van der Waals surface area (Å²) in [7, 11) is 0. The molecule has 0 fully saturated rings. The number of fused-ring (bicyclic) bond motifs is 1. The van der Waals surface area contributed by atoms with Crippen LogP contribution in [0.15, 0.2) is 54.6 Å². The van der Waals surface area contributed by atoms with E-state index in [0.717, 1.165) is 0 Å². The monoisotopic (exact) mass is 315 g/mol. The van der Waals surface area contributed by atoms with E-state index >= 15 is 0 Å². The number of amides is 2. The third-order valence-corrected chi connectivity index (χ3v) is 3.29. The van der Waals surface area contributed by atoms with Gasteiger partial charge in [-0.25, -0.2) is 9.63 Å². The average Bonchev–Trinajstić information content (AvgIpc) is 2.78. The van der Waals surface area contributed by atoms with Crippen LogP contribution >= 0.6 is 0 Å². The molecule has 3 N–H and O–H groups in total. The van der Waals surface area contributed by atoms with Gasteiger partial charge < -0.3 is 10.6 Å². The van der Waals surface area contributed by atoms with Crippen LogP contribution in [-0.4, -0.2) is 33.4 Å². The third kappa shape index (κ3) is 2.83. The predicted molar refractivity (Wildman–Crippen MR) is 78.5 cm³/mol. The number of rotatable bonds is 4. The van der Waals surface area contributed by atoms with Crippen molar-refractivity contribution >= 4 is 17.8 Å². The molecule has 0 bridgehead atoms. The molecule has 0 spiro atoms. The van der Waals surface area contributed by atoms with Crippen LogP contribution in [0.1, 0.15) is 32.4 Å². The molecule has 0 saturated carbocycles. The Balaban J connectivity index is 0.00000192. The molecule has 0 aromatic heterocycles. The summed E-state index contributed by atoms with van der Waals surface area (Å²) in [4.78, 5) is 41.0. The van der Waals surface area contributed by atoms with Crippen LogP contribution < -0.4 is 0 Å². The van der Waals surface area contributed by atoms with Crippen LogP contribution in [0.25, 0.3) is 0 Å². The zero-order valence-electron chi connectivity index (χ0n) is 11.8. The molecule has 7 nitrogen and oxygen atoms in total. The van der Waals surface area contributed by atoms with Crippen molar-refractivity contribution in [1.82, 2.24) is 5.06 Å². The van der Waals surface area contributed by atoms with Crippen molar-refractivity contribution < 1.29 is 29.8 Å². The van der Waals surface area contributed by atoms with Gasteiger partial charge in [0, 0.05) is 0 Å². The van der Waals surface area contributed by atoms with Crippen molar-refractivity contribution in [3.05, 3.63) is 71.3 Å². The van der Waals surface area contributed by atoms with Gasteiger partial charge in [0.2, 0.25) is 6.10 Å². The molecule has 0 unspecified atom stereocenters. The third-order valence-electron chi connectivity index (χ3n) is 3.29. The van der Waals surface area contributed by atoms with Crippen LogP contribution in [0.3, 0.4) is 0 Å². The van der Waals surface area contributed by atoms with Gasteiger partial charge in [-0.15, -0.1) is 5.06 Å². The average molecular weight is 315 g/mol. The van der Waals surface area contributed by atoms with Crippen LogP contribution in [-0.2, 0) is 9.63 Å². The van der Waals surface area contributed by atoms with E-state index in [2.05, 4.69) is 0 Å². The quantitative estimate of drug-likeness (QED) is 0.851. The molecule has 3 rings (SSSR count). The van der Waals surface area contributed by atoms with E-state index in [-0.39, 0.29) is 16.6 Å². The number of imide groups is 1. The second-order valence-electron chi connectivity index (χ2n) is 4.68. The second-order valence-corrected chi connectivity index (χ2v) is 4.68. The maximum Gasteiger partial charge on any atom is 0.340 e. The lowest BCUT2D eigenvalue weighted by molar-refractivity contribution is -0.176. The van der Waals surface area contributed by atoms with Crippen LogP contribution in [0, 0.1) is 0 Å². The van der Waals surface area contributed by atoms with Gasteiger partial charge in [-0.1, -0.05) is 42.5 Å². The van der Waals surface area contributed by atoms with E-state index in [1.165, 1.54) is 12.1 Å². The number of hydrogen-bond acceptors (Lipinski definition) is 4. The van der Waals surface area contributed by atoms with Gasteiger partial charge in [-0.05, 0) is 17.7 Å². The summed E-state index contributed by atoms with van der Waals surface area (Å²) in [5.74, 6) is -2.62. The van der Waals surface area contributed by atoms with Crippen molar-refractivity contribution in [2.75, 3.05) is 0 Å². The Kier molecular flexibility index (Phi) is 4.54. The molecular weight excluding hydrogens is 302 g/mol. The second kappa shape index (κ2) is 6.39. The summed E-state index contributed by atoms with van der Waals surface area (Å²) in [5, 5.41) is 9.81. The summed E-state index contributed by atoms with van der Waals surface area (Å²) in [6, 6.07) is 14.4. The summed E-state index contributed by atoms with van der Waals surface area (Å²) < 4.78 is 0. The first kappa shape index (κ1) is 16.3. The number of carbonyl (C=O) groups is 3. The van der Waals surface area contributed by atoms with Crippen LogP contribution in [0.5, 0.6) is 0 Å². The maximum atomic E-state index is 12.2. The van der Waals surface area contributed by atoms with Crippen molar-refractivity contribution in [2.24, 2.45) is 0 Å². The zero-order chi connectivity index (χ0) is 15.7. The van der Waals surface area contributed by atoms with E-state index in [4.69, 9.17) is 4.84 Å². The van der Waals surface area contributed by atoms with Gasteiger partial charge in [0.15, 0.2) is 0 Å². The van der Waals surface area contributed by atoms with E-state index in [9.17, 15) is 19.5 Å². The molecule has 0 aliphatic carbocycles. The normalized spacial score (nSPS) is 14.2. The Hall–Kier alpha value is -3.03. The number of carbonyl (C=O) groups excluding carboxylic acids is 2. The molecule has 1 aliphatic heterocycles. The molecule has 0 radical (unpaired) electrons. The fraction of sp³-hybridized carbons (Fsp3) is 0.0625. The van der Waals surface area contributed by atoms with E-state index in [1.54, 1.807) is 42.5 Å². The minimum absolute atomic E-state index is 0. The summed E-state index contributed by atoms with van der Waals surface area (Å²) >= 11 is 0. The Morgan fingerprint density at radius 2 is 1.39 bits per heavy atom. The molecule has 2 amide bonds. The Morgan fingerprint density at radius 1 is 0.913 bits per heavy atom. The molecule has 2 aromatic carbocycles. The van der Waals surface area contributed by atoms with Crippen molar-refractivity contribution in [1.29, 1.82) is 0 Å². The van der Waals surface area contributed by atoms with Gasteiger partial charge in [0.1, 0.15) is 0 Å². The van der Waals surface area contributed by atoms with Crippen molar-refractivity contribution in [3.8, 4) is 0 Å². The molecule has 2 aromatic rings. The first-order valence-corrected chi connectivity index (χ1v) is 6.52. The van der Waals surface area contributed by atoms with Crippen molar-refractivity contribution in [3.63, 3.8) is 0 Å². The molecule has 1 aliphatic rings. The highest BCUT2D eigenvalue weighted by Gasteiger charge is 2.39. The Bertz CT molecular complexity index is 723. The zero-order valence-corrected chi connectivity index (χ0v) is 11.8. The molecule has 23 heavy (non-hydrogen) atoms. The van der Waals surface area contributed by atoms with Gasteiger partial charge in [0.05, 0.1) is 11.1 Å². The molecule has 1 atom stereocenters. The SMILES string of the molecule is O.O=C(O)[C@H](ON1C(=O)c2ccccc2C1=O)c1ccccc1. The van der Waals surface area contributed by atoms with Crippen molar-refractivity contribution in [2.45, 2.75) is 6.10 Å². The van der Waals surface area contributed by atoms with Gasteiger partial charge >= 0.3 is 5.97 Å². The Morgan fingerprint density at radius 3 is 1.87 bits per heavy atom. The van der Waals surface area contributed by atoms with Gasteiger partial charge in [0.25, 0.3) is 11.8 Å². The largest absolute Gasteiger partial charge is 0.479 e. The maximum absolute atomic E-state index is 12.2. The Labute approximate surface area is 131 Å². The molecule has 0 saturated heterocycles. The first-order valence-electron chi connectivity index (χ1n) is 6.52. The smallest absolute Gasteiger partial charge is 0.340 e. The van der Waals surface area contributed by atoms with Gasteiger partial charge in [-0.3, -0.25) is 9.59 Å².